The van der Waals surface area contributed by atoms with E-state index < -0.39 is 0 Å². The van der Waals surface area contributed by atoms with Gasteiger partial charge in [0.25, 0.3) is 0 Å². The molecule has 24 heavy (non-hydrogen) atoms. The minimum atomic E-state index is -0.129. The molecule has 1 fully saturated rings. The van der Waals surface area contributed by atoms with Crippen molar-refractivity contribution in [3.05, 3.63) is 36.4 Å². The highest BCUT2D eigenvalue weighted by Gasteiger charge is 2.24. The van der Waals surface area contributed by atoms with Gasteiger partial charge in [-0.25, -0.2) is 4.98 Å². The van der Waals surface area contributed by atoms with Crippen molar-refractivity contribution >= 4 is 11.9 Å². The Kier molecular flexibility index (Phi) is 4.08. The highest BCUT2D eigenvalue weighted by Crippen LogP contribution is 2.27. The van der Waals surface area contributed by atoms with Gasteiger partial charge < -0.3 is 10.0 Å². The molecule has 2 N–H and O–H groups in total. The van der Waals surface area contributed by atoms with Gasteiger partial charge in [-0.05, 0) is 37.8 Å². The van der Waals surface area contributed by atoms with E-state index in [0.29, 0.717) is 11.9 Å². The van der Waals surface area contributed by atoms with Gasteiger partial charge in [-0.3, -0.25) is 15.1 Å². The predicted octanol–water partition coefficient (Wildman–Crippen LogP) is 1.85. The predicted molar refractivity (Wildman–Crippen MR) is 91.1 cm³/mol. The third-order valence-electron chi connectivity index (χ3n) is 4.65. The molecule has 2 aromatic rings. The number of aliphatic hydroxyl groups is 1. The first-order valence-corrected chi connectivity index (χ1v) is 8.30. The van der Waals surface area contributed by atoms with Crippen molar-refractivity contribution in [2.75, 3.05) is 6.54 Å². The Balaban J connectivity index is 1.51. The molecule has 124 valence electrons. The fourth-order valence-electron chi connectivity index (χ4n) is 3.28. The van der Waals surface area contributed by atoms with Crippen LogP contribution >= 0.6 is 0 Å². The Morgan fingerprint density at radius 3 is 2.71 bits per heavy atom. The second-order valence-corrected chi connectivity index (χ2v) is 6.24. The molecule has 1 saturated carbocycles. The van der Waals surface area contributed by atoms with Crippen LogP contribution in [0, 0.1) is 0 Å². The minimum absolute atomic E-state index is 0.129. The number of nitrogens with zero attached hydrogens (tertiary/aromatic N) is 5. The maximum Gasteiger partial charge on any atom is 0.199 e. The van der Waals surface area contributed by atoms with Crippen LogP contribution in [0.3, 0.4) is 0 Å². The number of rotatable bonds is 3. The molecular formula is C17H20N6O. The van der Waals surface area contributed by atoms with Crippen LogP contribution in [0.15, 0.2) is 35.8 Å². The molecule has 2 aliphatic rings. The van der Waals surface area contributed by atoms with Gasteiger partial charge in [0, 0.05) is 30.2 Å². The maximum absolute atomic E-state index is 9.68. The summed E-state index contributed by atoms with van der Waals surface area (Å²) in [4.78, 5) is 15.4. The van der Waals surface area contributed by atoms with Crippen molar-refractivity contribution in [1.82, 2.24) is 25.1 Å². The van der Waals surface area contributed by atoms with E-state index in [0.717, 1.165) is 49.2 Å². The lowest BCUT2D eigenvalue weighted by atomic mass is 9.92. The SMILES string of the molecule is O[C@H]1CC[C@@H](N2C=C(c3ccc(-c4nc[nH]n4)nc3)N=CC2)CC1. The summed E-state index contributed by atoms with van der Waals surface area (Å²) in [6, 6.07) is 4.39. The molecule has 3 heterocycles. The number of hydrogen-bond donors (Lipinski definition) is 2. The minimum Gasteiger partial charge on any atom is -0.393 e. The number of nitrogens with one attached hydrogen (secondary N) is 1. The molecule has 0 unspecified atom stereocenters. The molecule has 4 rings (SSSR count). The molecule has 0 amide bonds. The number of aromatic nitrogens is 4. The van der Waals surface area contributed by atoms with Gasteiger partial charge in [0.15, 0.2) is 5.82 Å². The summed E-state index contributed by atoms with van der Waals surface area (Å²) in [5.41, 5.74) is 2.63. The highest BCUT2D eigenvalue weighted by molar-refractivity contribution is 5.77. The smallest absolute Gasteiger partial charge is 0.199 e. The fraction of sp³-hybridized carbons (Fsp3) is 0.412. The number of aromatic amines is 1. The summed E-state index contributed by atoms with van der Waals surface area (Å²) in [6.45, 7) is 0.826. The number of H-pyrrole nitrogens is 1. The van der Waals surface area contributed by atoms with E-state index in [9.17, 15) is 5.11 Å². The number of aliphatic imine (C=N–C) groups is 1. The van der Waals surface area contributed by atoms with Crippen molar-refractivity contribution in [2.24, 2.45) is 4.99 Å². The van der Waals surface area contributed by atoms with Crippen LogP contribution in [0.1, 0.15) is 31.2 Å². The summed E-state index contributed by atoms with van der Waals surface area (Å²) in [5, 5.41) is 16.4. The van der Waals surface area contributed by atoms with Gasteiger partial charge in [0.1, 0.15) is 12.0 Å². The maximum atomic E-state index is 9.68. The number of aliphatic hydroxyl groups excluding tert-OH is 1. The van der Waals surface area contributed by atoms with Gasteiger partial charge in [-0.15, -0.1) is 0 Å². The quantitative estimate of drug-likeness (QED) is 0.899. The van der Waals surface area contributed by atoms with Gasteiger partial charge in [0.05, 0.1) is 18.3 Å². The van der Waals surface area contributed by atoms with Gasteiger partial charge in [-0.1, -0.05) is 0 Å². The first-order valence-electron chi connectivity index (χ1n) is 8.30. The van der Waals surface area contributed by atoms with Crippen molar-refractivity contribution in [3.8, 4) is 11.5 Å². The van der Waals surface area contributed by atoms with Crippen LogP contribution in [-0.2, 0) is 0 Å². The lowest BCUT2D eigenvalue weighted by molar-refractivity contribution is 0.0952. The Morgan fingerprint density at radius 2 is 2.00 bits per heavy atom. The Morgan fingerprint density at radius 1 is 1.12 bits per heavy atom. The molecule has 7 heteroatoms. The van der Waals surface area contributed by atoms with E-state index in [1.165, 1.54) is 6.33 Å². The van der Waals surface area contributed by atoms with Crippen molar-refractivity contribution < 1.29 is 5.11 Å². The second-order valence-electron chi connectivity index (χ2n) is 6.24. The zero-order valence-electron chi connectivity index (χ0n) is 13.3. The highest BCUT2D eigenvalue weighted by atomic mass is 16.3. The summed E-state index contributed by atoms with van der Waals surface area (Å²) in [7, 11) is 0. The largest absolute Gasteiger partial charge is 0.393 e. The first-order chi connectivity index (χ1) is 11.8. The van der Waals surface area contributed by atoms with E-state index in [-0.39, 0.29) is 6.10 Å². The average molecular weight is 324 g/mol. The van der Waals surface area contributed by atoms with Crippen molar-refractivity contribution in [1.29, 1.82) is 0 Å². The van der Waals surface area contributed by atoms with Crippen LogP contribution in [0.4, 0.5) is 0 Å². The summed E-state index contributed by atoms with van der Waals surface area (Å²) >= 11 is 0. The summed E-state index contributed by atoms with van der Waals surface area (Å²) < 4.78 is 0. The van der Waals surface area contributed by atoms with Gasteiger partial charge in [0.2, 0.25) is 0 Å². The zero-order valence-corrected chi connectivity index (χ0v) is 13.3. The van der Waals surface area contributed by atoms with E-state index >= 15 is 0 Å². The lowest BCUT2D eigenvalue weighted by Gasteiger charge is -2.35. The molecule has 0 bridgehead atoms. The molecule has 1 aliphatic carbocycles. The summed E-state index contributed by atoms with van der Waals surface area (Å²) in [6.07, 6.45) is 11.1. The zero-order chi connectivity index (χ0) is 16.4. The standard InChI is InChI=1S/C17H20N6O/c24-14-4-2-13(3-5-14)23-8-7-18-16(10-23)12-1-6-15(19-9-12)17-20-11-21-22-17/h1,6-7,9-11,13-14,24H,2-5,8H2,(H,20,21,22)/t13-,14+. The third kappa shape index (κ3) is 3.07. The second kappa shape index (κ2) is 6.52. The van der Waals surface area contributed by atoms with E-state index in [1.54, 1.807) is 0 Å². The third-order valence-corrected chi connectivity index (χ3v) is 4.65. The van der Waals surface area contributed by atoms with E-state index in [2.05, 4.69) is 36.3 Å². The molecule has 0 radical (unpaired) electrons. The molecule has 0 aromatic carbocycles. The van der Waals surface area contributed by atoms with Crippen LogP contribution in [0.2, 0.25) is 0 Å². The first kappa shape index (κ1) is 15.0. The topological polar surface area (TPSA) is 90.3 Å². The molecule has 7 nitrogen and oxygen atoms in total. The number of hydrogen-bond acceptors (Lipinski definition) is 6. The molecular weight excluding hydrogens is 304 g/mol. The van der Waals surface area contributed by atoms with Gasteiger partial charge >= 0.3 is 0 Å². The van der Waals surface area contributed by atoms with Crippen LogP contribution in [0.25, 0.3) is 17.2 Å². The van der Waals surface area contributed by atoms with E-state index in [1.807, 2.05) is 24.5 Å². The van der Waals surface area contributed by atoms with Crippen LogP contribution in [0.5, 0.6) is 0 Å². The molecule has 0 atom stereocenters. The molecule has 0 spiro atoms. The Hall–Kier alpha value is -2.54. The van der Waals surface area contributed by atoms with Gasteiger partial charge in [-0.2, -0.15) is 5.10 Å². The van der Waals surface area contributed by atoms with E-state index in [4.69, 9.17) is 0 Å². The monoisotopic (exact) mass is 324 g/mol. The molecule has 0 saturated heterocycles. The van der Waals surface area contributed by atoms with Crippen LogP contribution < -0.4 is 0 Å². The van der Waals surface area contributed by atoms with Crippen molar-refractivity contribution in [3.63, 3.8) is 0 Å². The normalized spacial score (nSPS) is 24.0. The summed E-state index contributed by atoms with van der Waals surface area (Å²) in [5.74, 6) is 0.588. The Labute approximate surface area is 140 Å². The Bertz CT molecular complexity index is 729. The fourth-order valence-corrected chi connectivity index (χ4v) is 3.28. The van der Waals surface area contributed by atoms with Crippen molar-refractivity contribution in [2.45, 2.75) is 37.8 Å². The number of pyridine rings is 1. The molecule has 1 aliphatic heterocycles. The average Bonchev–Trinajstić information content (AvgIpc) is 3.17. The lowest BCUT2D eigenvalue weighted by Crippen LogP contribution is -2.37. The van der Waals surface area contributed by atoms with Crippen LogP contribution in [-0.4, -0.2) is 55.1 Å². The molecule has 2 aromatic heterocycles.